The number of anilines is 1. The highest BCUT2D eigenvalue weighted by Gasteiger charge is 2.22. The van der Waals surface area contributed by atoms with Crippen molar-refractivity contribution in [3.63, 3.8) is 0 Å². The lowest BCUT2D eigenvalue weighted by atomic mass is 10.1. The molecule has 1 heterocycles. The van der Waals surface area contributed by atoms with Crippen LogP contribution in [0, 0.1) is 6.92 Å². The molecule has 0 aliphatic carbocycles. The third kappa shape index (κ3) is 6.34. The van der Waals surface area contributed by atoms with Crippen molar-refractivity contribution < 1.29 is 22.7 Å². The number of carbonyl (C=O) groups excluding carboxylic acids is 1. The van der Waals surface area contributed by atoms with Gasteiger partial charge in [0.15, 0.2) is 0 Å². The van der Waals surface area contributed by atoms with Crippen molar-refractivity contribution in [3.05, 3.63) is 95.0 Å². The summed E-state index contributed by atoms with van der Waals surface area (Å²) in [6.45, 7) is 1.78. The Kier molecular flexibility index (Phi) is 8.35. The number of aryl methyl sites for hydroxylation is 1. The fraction of sp³-hybridized carbons (Fsp3) is 0.185. The maximum absolute atomic E-state index is 13.6. The summed E-state index contributed by atoms with van der Waals surface area (Å²) in [4.78, 5) is 16.9. The van der Waals surface area contributed by atoms with E-state index in [2.05, 4.69) is 15.0 Å². The van der Waals surface area contributed by atoms with Crippen LogP contribution in [0.4, 0.5) is 5.69 Å². The van der Waals surface area contributed by atoms with Crippen molar-refractivity contribution in [1.29, 1.82) is 0 Å². The van der Waals surface area contributed by atoms with Crippen molar-refractivity contribution in [2.45, 2.75) is 24.8 Å². The molecule has 0 fully saturated rings. The number of methoxy groups -OCH3 is 2. The summed E-state index contributed by atoms with van der Waals surface area (Å²) in [5.74, 6) is 0.744. The van der Waals surface area contributed by atoms with Crippen LogP contribution in [-0.2, 0) is 27.8 Å². The van der Waals surface area contributed by atoms with Crippen LogP contribution in [0.25, 0.3) is 5.69 Å². The minimum absolute atomic E-state index is 0.0268. The first-order chi connectivity index (χ1) is 18.2. The lowest BCUT2D eigenvalue weighted by Crippen LogP contribution is -2.25. The van der Waals surface area contributed by atoms with Gasteiger partial charge in [-0.15, -0.1) is 0 Å². The highest BCUT2D eigenvalue weighted by atomic mass is 35.5. The predicted molar refractivity (Wildman–Crippen MR) is 146 cm³/mol. The van der Waals surface area contributed by atoms with E-state index in [0.29, 0.717) is 39.0 Å². The van der Waals surface area contributed by atoms with Crippen LogP contribution in [-0.4, -0.2) is 38.1 Å². The molecule has 0 radical (unpaired) electrons. The zero-order valence-electron chi connectivity index (χ0n) is 21.1. The predicted octanol–water partition coefficient (Wildman–Crippen LogP) is 4.51. The van der Waals surface area contributed by atoms with Crippen molar-refractivity contribution in [2.75, 3.05) is 19.5 Å². The summed E-state index contributed by atoms with van der Waals surface area (Å²) in [5, 5.41) is 3.25. The Hall–Kier alpha value is -3.86. The Bertz CT molecular complexity index is 1570. The zero-order chi connectivity index (χ0) is 27.3. The molecule has 0 aliphatic heterocycles. The summed E-state index contributed by atoms with van der Waals surface area (Å²) in [6.07, 6.45) is 3.29. The number of nitrogens with one attached hydrogen (secondary N) is 2. The number of sulfonamides is 1. The molecule has 198 valence electrons. The lowest BCUT2D eigenvalue weighted by Gasteiger charge is -2.16. The maximum Gasteiger partial charge on any atom is 0.243 e. The molecule has 4 rings (SSSR count). The van der Waals surface area contributed by atoms with Gasteiger partial charge in [0.25, 0.3) is 0 Å². The average molecular weight is 555 g/mol. The highest BCUT2D eigenvalue weighted by molar-refractivity contribution is 7.89. The standard InChI is InChI=1S/C27H27ClN4O5S/c1-18-16-32(17-29-18)24-11-9-21(31-27(33)12-19-6-4-5-7-23(19)28)13-26(24)38(34,35)30-15-20-8-10-22(36-2)14-25(20)37-3/h4-11,13-14,16-17,30H,12,15H2,1-3H3,(H,31,33). The van der Waals surface area contributed by atoms with Crippen LogP contribution < -0.4 is 19.5 Å². The fourth-order valence-electron chi connectivity index (χ4n) is 3.84. The second-order valence-corrected chi connectivity index (χ2v) is 10.6. The van der Waals surface area contributed by atoms with Crippen molar-refractivity contribution >= 4 is 33.2 Å². The van der Waals surface area contributed by atoms with Gasteiger partial charge in [0.2, 0.25) is 15.9 Å². The average Bonchev–Trinajstić information content (AvgIpc) is 3.34. The first kappa shape index (κ1) is 27.2. The molecule has 2 N–H and O–H groups in total. The van der Waals surface area contributed by atoms with Gasteiger partial charge < -0.3 is 19.4 Å². The molecule has 1 amide bonds. The van der Waals surface area contributed by atoms with E-state index in [1.54, 1.807) is 65.4 Å². The van der Waals surface area contributed by atoms with E-state index >= 15 is 0 Å². The van der Waals surface area contributed by atoms with E-state index in [1.165, 1.54) is 26.6 Å². The first-order valence-electron chi connectivity index (χ1n) is 11.6. The Morgan fingerprint density at radius 1 is 1.03 bits per heavy atom. The van der Waals surface area contributed by atoms with E-state index in [1.807, 2.05) is 6.92 Å². The molecule has 38 heavy (non-hydrogen) atoms. The fourth-order valence-corrected chi connectivity index (χ4v) is 5.28. The van der Waals surface area contributed by atoms with Crippen molar-refractivity contribution in [3.8, 4) is 17.2 Å². The van der Waals surface area contributed by atoms with E-state index in [0.717, 1.165) is 5.69 Å². The molecule has 0 spiro atoms. The van der Waals surface area contributed by atoms with Gasteiger partial charge in [-0.1, -0.05) is 35.9 Å². The van der Waals surface area contributed by atoms with Gasteiger partial charge >= 0.3 is 0 Å². The summed E-state index contributed by atoms with van der Waals surface area (Å²) in [5.41, 5.74) is 2.72. The molecule has 4 aromatic rings. The second-order valence-electron chi connectivity index (χ2n) is 8.42. The molecule has 0 unspecified atom stereocenters. The SMILES string of the molecule is COc1ccc(CNS(=O)(=O)c2cc(NC(=O)Cc3ccccc3Cl)ccc2-n2cnc(C)c2)c(OC)c1. The minimum Gasteiger partial charge on any atom is -0.497 e. The van der Waals surface area contributed by atoms with Crippen LogP contribution in [0.3, 0.4) is 0 Å². The zero-order valence-corrected chi connectivity index (χ0v) is 22.6. The van der Waals surface area contributed by atoms with E-state index in [4.69, 9.17) is 21.1 Å². The number of aromatic nitrogens is 2. The number of hydrogen-bond donors (Lipinski definition) is 2. The third-order valence-electron chi connectivity index (χ3n) is 5.78. The molecule has 0 saturated heterocycles. The Morgan fingerprint density at radius 2 is 1.82 bits per heavy atom. The molecule has 11 heteroatoms. The van der Waals surface area contributed by atoms with Crippen LogP contribution in [0.1, 0.15) is 16.8 Å². The van der Waals surface area contributed by atoms with Crippen LogP contribution >= 0.6 is 11.6 Å². The van der Waals surface area contributed by atoms with E-state index < -0.39 is 10.0 Å². The number of benzene rings is 3. The number of imidazole rings is 1. The summed E-state index contributed by atoms with van der Waals surface area (Å²) in [6, 6.07) is 16.9. The molecule has 0 aliphatic rings. The molecule has 9 nitrogen and oxygen atoms in total. The number of rotatable bonds is 10. The molecule has 3 aromatic carbocycles. The molecule has 0 saturated carbocycles. The molecule has 0 bridgehead atoms. The van der Waals surface area contributed by atoms with Gasteiger partial charge in [-0.2, -0.15) is 0 Å². The van der Waals surface area contributed by atoms with Gasteiger partial charge in [0, 0.05) is 35.1 Å². The monoisotopic (exact) mass is 554 g/mol. The Labute approximate surface area is 226 Å². The number of carbonyl (C=O) groups is 1. The number of hydrogen-bond acceptors (Lipinski definition) is 6. The number of nitrogens with zero attached hydrogens (tertiary/aromatic N) is 2. The van der Waals surface area contributed by atoms with Crippen molar-refractivity contribution in [1.82, 2.24) is 14.3 Å². The topological polar surface area (TPSA) is 112 Å². The lowest BCUT2D eigenvalue weighted by molar-refractivity contribution is -0.115. The van der Waals surface area contributed by atoms with E-state index in [-0.39, 0.29) is 23.8 Å². The second kappa shape index (κ2) is 11.7. The number of amides is 1. The maximum atomic E-state index is 13.6. The largest absolute Gasteiger partial charge is 0.497 e. The molecule has 0 atom stereocenters. The quantitative estimate of drug-likeness (QED) is 0.298. The Morgan fingerprint density at radius 3 is 2.50 bits per heavy atom. The van der Waals surface area contributed by atoms with Gasteiger partial charge in [-0.25, -0.2) is 18.1 Å². The molecular weight excluding hydrogens is 528 g/mol. The smallest absolute Gasteiger partial charge is 0.243 e. The number of halogens is 1. The van der Waals surface area contributed by atoms with Crippen LogP contribution in [0.15, 0.2) is 78.1 Å². The van der Waals surface area contributed by atoms with Crippen LogP contribution in [0.5, 0.6) is 11.5 Å². The highest BCUT2D eigenvalue weighted by Crippen LogP contribution is 2.28. The first-order valence-corrected chi connectivity index (χ1v) is 13.4. The molecule has 1 aromatic heterocycles. The van der Waals surface area contributed by atoms with Crippen molar-refractivity contribution in [2.24, 2.45) is 0 Å². The Balaban J connectivity index is 1.63. The minimum atomic E-state index is -4.05. The summed E-state index contributed by atoms with van der Waals surface area (Å²) >= 11 is 6.18. The number of ether oxygens (including phenoxy) is 2. The van der Waals surface area contributed by atoms with Gasteiger partial charge in [0.05, 0.1) is 38.3 Å². The van der Waals surface area contributed by atoms with Gasteiger partial charge in [-0.3, -0.25) is 4.79 Å². The van der Waals surface area contributed by atoms with Gasteiger partial charge in [-0.05, 0) is 42.8 Å². The third-order valence-corrected chi connectivity index (χ3v) is 7.58. The summed E-state index contributed by atoms with van der Waals surface area (Å²) in [7, 11) is -1.01. The molecular formula is C27H27ClN4O5S. The van der Waals surface area contributed by atoms with Gasteiger partial charge in [0.1, 0.15) is 16.4 Å². The van der Waals surface area contributed by atoms with Crippen LogP contribution in [0.2, 0.25) is 5.02 Å². The normalized spacial score (nSPS) is 11.3. The summed E-state index contributed by atoms with van der Waals surface area (Å²) < 4.78 is 42.0. The van der Waals surface area contributed by atoms with E-state index in [9.17, 15) is 13.2 Å².